The molecule has 0 saturated carbocycles. The van der Waals surface area contributed by atoms with Crippen molar-refractivity contribution < 1.29 is 14.8 Å². The molecule has 6 nitrogen and oxygen atoms in total. The summed E-state index contributed by atoms with van der Waals surface area (Å²) in [5.74, 6) is -0.362. The first-order chi connectivity index (χ1) is 8.58. The summed E-state index contributed by atoms with van der Waals surface area (Å²) in [5.41, 5.74) is 0.137. The van der Waals surface area contributed by atoms with Gasteiger partial charge < -0.3 is 10.4 Å². The summed E-state index contributed by atoms with van der Waals surface area (Å²) < 4.78 is 0. The highest BCUT2D eigenvalue weighted by atomic mass is 16.6. The van der Waals surface area contributed by atoms with Crippen molar-refractivity contribution in [1.82, 2.24) is 5.32 Å². The van der Waals surface area contributed by atoms with Crippen LogP contribution in [0.5, 0.6) is 0 Å². The highest BCUT2D eigenvalue weighted by molar-refractivity contribution is 5.94. The van der Waals surface area contributed by atoms with E-state index >= 15 is 0 Å². The van der Waals surface area contributed by atoms with Crippen molar-refractivity contribution in [3.05, 3.63) is 39.9 Å². The molecule has 0 fully saturated rings. The van der Waals surface area contributed by atoms with Gasteiger partial charge in [-0.25, -0.2) is 0 Å². The zero-order valence-electron chi connectivity index (χ0n) is 10.1. The third-order valence-corrected chi connectivity index (χ3v) is 2.62. The van der Waals surface area contributed by atoms with Crippen LogP contribution in [-0.2, 0) is 0 Å². The number of nitro groups is 1. The number of nitrogens with zero attached hydrogens (tertiary/aromatic N) is 1. The summed E-state index contributed by atoms with van der Waals surface area (Å²) in [4.78, 5) is 21.9. The Morgan fingerprint density at radius 3 is 2.83 bits per heavy atom. The Kier molecular flexibility index (Phi) is 5.26. The minimum atomic E-state index is -0.540. The molecule has 0 saturated heterocycles. The highest BCUT2D eigenvalue weighted by Crippen LogP contribution is 2.13. The molecule has 0 heterocycles. The van der Waals surface area contributed by atoms with Crippen LogP contribution in [0.25, 0.3) is 0 Å². The number of carbonyl (C=O) groups is 1. The molecule has 0 bridgehead atoms. The molecule has 0 aliphatic heterocycles. The Hall–Kier alpha value is -1.95. The first-order valence-corrected chi connectivity index (χ1v) is 5.74. The smallest absolute Gasteiger partial charge is 0.270 e. The van der Waals surface area contributed by atoms with Crippen LogP contribution in [0.3, 0.4) is 0 Å². The summed E-state index contributed by atoms with van der Waals surface area (Å²) in [6.07, 6.45) is 1.17. The lowest BCUT2D eigenvalue weighted by Gasteiger charge is -2.15. The molecule has 0 aliphatic carbocycles. The SMILES string of the molecule is CCC(CCO)NC(=O)c1cccc([N+](=O)[O-])c1. The lowest BCUT2D eigenvalue weighted by atomic mass is 10.1. The van der Waals surface area contributed by atoms with Crippen molar-refractivity contribution in [3.63, 3.8) is 0 Å². The summed E-state index contributed by atoms with van der Waals surface area (Å²) in [6, 6.07) is 5.44. The van der Waals surface area contributed by atoms with Crippen molar-refractivity contribution >= 4 is 11.6 Å². The van der Waals surface area contributed by atoms with Gasteiger partial charge in [-0.05, 0) is 18.9 Å². The largest absolute Gasteiger partial charge is 0.396 e. The van der Waals surface area contributed by atoms with Gasteiger partial charge in [-0.3, -0.25) is 14.9 Å². The fourth-order valence-electron chi connectivity index (χ4n) is 1.56. The second-order valence-corrected chi connectivity index (χ2v) is 3.90. The molecule has 98 valence electrons. The lowest BCUT2D eigenvalue weighted by molar-refractivity contribution is -0.384. The average molecular weight is 252 g/mol. The topological polar surface area (TPSA) is 92.5 Å². The van der Waals surface area contributed by atoms with Crippen LogP contribution in [0, 0.1) is 10.1 Å². The first kappa shape index (κ1) is 14.1. The molecule has 0 spiro atoms. The predicted octanol–water partition coefficient (Wildman–Crippen LogP) is 1.49. The number of amides is 1. The molecule has 2 N–H and O–H groups in total. The molecule has 1 aromatic carbocycles. The second-order valence-electron chi connectivity index (χ2n) is 3.90. The van der Waals surface area contributed by atoms with E-state index in [4.69, 9.17) is 5.11 Å². The van der Waals surface area contributed by atoms with Crippen LogP contribution in [-0.4, -0.2) is 28.6 Å². The number of rotatable bonds is 6. The average Bonchev–Trinajstić information content (AvgIpc) is 2.38. The number of carbonyl (C=O) groups excluding carboxylic acids is 1. The van der Waals surface area contributed by atoms with Gasteiger partial charge in [0.2, 0.25) is 0 Å². The van der Waals surface area contributed by atoms with E-state index in [0.29, 0.717) is 12.8 Å². The van der Waals surface area contributed by atoms with E-state index in [1.54, 1.807) is 0 Å². The number of non-ortho nitro benzene ring substituents is 1. The number of nitrogens with one attached hydrogen (secondary N) is 1. The molecule has 0 aromatic heterocycles. The molecule has 6 heteroatoms. The summed E-state index contributed by atoms with van der Waals surface area (Å²) in [7, 11) is 0. The first-order valence-electron chi connectivity index (χ1n) is 5.74. The fraction of sp³-hybridized carbons (Fsp3) is 0.417. The molecule has 0 radical (unpaired) electrons. The molecule has 1 amide bonds. The molecule has 1 aromatic rings. The highest BCUT2D eigenvalue weighted by Gasteiger charge is 2.14. The minimum absolute atomic E-state index is 0.00623. The van der Waals surface area contributed by atoms with E-state index in [9.17, 15) is 14.9 Å². The number of aliphatic hydroxyl groups is 1. The molecule has 1 rings (SSSR count). The van der Waals surface area contributed by atoms with Crippen LogP contribution in [0.15, 0.2) is 24.3 Å². The fourth-order valence-corrected chi connectivity index (χ4v) is 1.56. The van der Waals surface area contributed by atoms with Crippen LogP contribution in [0.2, 0.25) is 0 Å². The number of nitro benzene ring substituents is 1. The Bertz CT molecular complexity index is 434. The summed E-state index contributed by atoms with van der Waals surface area (Å²) in [5, 5.41) is 22.2. The zero-order valence-corrected chi connectivity index (χ0v) is 10.1. The Morgan fingerprint density at radius 1 is 1.56 bits per heavy atom. The lowest BCUT2D eigenvalue weighted by Crippen LogP contribution is -2.35. The monoisotopic (exact) mass is 252 g/mol. The van der Waals surface area contributed by atoms with Gasteiger partial charge in [0.05, 0.1) is 4.92 Å². The maximum Gasteiger partial charge on any atom is 0.270 e. The Labute approximate surface area is 105 Å². The van der Waals surface area contributed by atoms with Crippen molar-refractivity contribution in [3.8, 4) is 0 Å². The summed E-state index contributed by atoms with van der Waals surface area (Å²) >= 11 is 0. The van der Waals surface area contributed by atoms with Gasteiger partial charge >= 0.3 is 0 Å². The second kappa shape index (κ2) is 6.70. The van der Waals surface area contributed by atoms with Crippen LogP contribution in [0.4, 0.5) is 5.69 Å². The third kappa shape index (κ3) is 3.81. The van der Waals surface area contributed by atoms with E-state index in [0.717, 1.165) is 0 Å². The molecule has 18 heavy (non-hydrogen) atoms. The van der Waals surface area contributed by atoms with Gasteiger partial charge in [0.15, 0.2) is 0 Å². The van der Waals surface area contributed by atoms with Crippen LogP contribution < -0.4 is 5.32 Å². The molecular weight excluding hydrogens is 236 g/mol. The zero-order chi connectivity index (χ0) is 13.5. The summed E-state index contributed by atoms with van der Waals surface area (Å²) in [6.45, 7) is 1.89. The maximum atomic E-state index is 11.8. The molecule has 1 unspecified atom stereocenters. The van der Waals surface area contributed by atoms with Crippen molar-refractivity contribution in [1.29, 1.82) is 0 Å². The Balaban J connectivity index is 2.77. The van der Waals surface area contributed by atoms with Gasteiger partial charge in [-0.2, -0.15) is 0 Å². The predicted molar refractivity (Wildman–Crippen MR) is 66.3 cm³/mol. The van der Waals surface area contributed by atoms with E-state index in [2.05, 4.69) is 5.32 Å². The van der Waals surface area contributed by atoms with Crippen molar-refractivity contribution in [2.75, 3.05) is 6.61 Å². The van der Waals surface area contributed by atoms with Gasteiger partial charge in [0.1, 0.15) is 0 Å². The van der Waals surface area contributed by atoms with Gasteiger partial charge in [0.25, 0.3) is 11.6 Å². The maximum absolute atomic E-state index is 11.8. The van der Waals surface area contributed by atoms with E-state index in [1.165, 1.54) is 24.3 Å². The molecular formula is C12H16N2O4. The quantitative estimate of drug-likeness (QED) is 0.592. The van der Waals surface area contributed by atoms with Gasteiger partial charge in [-0.1, -0.05) is 13.0 Å². The normalized spacial score (nSPS) is 11.9. The number of aliphatic hydroxyl groups excluding tert-OH is 1. The standard InChI is InChI=1S/C12H16N2O4/c1-2-10(6-7-15)13-12(16)9-4-3-5-11(8-9)14(17)18/h3-5,8,10,15H,2,6-7H2,1H3,(H,13,16). The van der Waals surface area contributed by atoms with E-state index in [-0.39, 0.29) is 29.8 Å². The van der Waals surface area contributed by atoms with E-state index in [1.807, 2.05) is 6.92 Å². The van der Waals surface area contributed by atoms with Crippen molar-refractivity contribution in [2.45, 2.75) is 25.8 Å². The van der Waals surface area contributed by atoms with Crippen LogP contribution >= 0.6 is 0 Å². The number of hydrogen-bond acceptors (Lipinski definition) is 4. The number of hydrogen-bond donors (Lipinski definition) is 2. The molecule has 0 aliphatic rings. The van der Waals surface area contributed by atoms with Gasteiger partial charge in [-0.15, -0.1) is 0 Å². The van der Waals surface area contributed by atoms with Crippen LogP contribution in [0.1, 0.15) is 30.1 Å². The van der Waals surface area contributed by atoms with Gasteiger partial charge in [0, 0.05) is 30.3 Å². The number of benzene rings is 1. The Morgan fingerprint density at radius 2 is 2.28 bits per heavy atom. The van der Waals surface area contributed by atoms with E-state index < -0.39 is 4.92 Å². The van der Waals surface area contributed by atoms with Crippen molar-refractivity contribution in [2.24, 2.45) is 0 Å². The minimum Gasteiger partial charge on any atom is -0.396 e. The third-order valence-electron chi connectivity index (χ3n) is 2.62. The molecule has 1 atom stereocenters.